The first-order chi connectivity index (χ1) is 5.12. The van der Waals surface area contributed by atoms with E-state index in [9.17, 15) is 0 Å². The van der Waals surface area contributed by atoms with Gasteiger partial charge in [-0.2, -0.15) is 0 Å². The van der Waals surface area contributed by atoms with Gasteiger partial charge in [-0.05, 0) is 70.2 Å². The molecule has 0 bridgehead atoms. The second-order valence-electron chi connectivity index (χ2n) is 1.60. The van der Waals surface area contributed by atoms with Gasteiger partial charge in [0.2, 0.25) is 8.65 Å². The summed E-state index contributed by atoms with van der Waals surface area (Å²) in [6.45, 7) is 1.99. The quantitative estimate of drug-likeness (QED) is 0.431. The van der Waals surface area contributed by atoms with Crippen molar-refractivity contribution in [3.63, 3.8) is 0 Å². The smallest absolute Gasteiger partial charge is 0.221 e. The van der Waals surface area contributed by atoms with Gasteiger partial charge in [0.25, 0.3) is 0 Å². The molecule has 1 rings (SSSR count). The molecule has 0 aliphatic carbocycles. The molecule has 0 N–H and O–H groups in total. The van der Waals surface area contributed by atoms with Gasteiger partial charge in [0, 0.05) is 0 Å². The third-order valence-electron chi connectivity index (χ3n) is 0.699. The van der Waals surface area contributed by atoms with Crippen LogP contribution in [0.5, 0.6) is 0 Å². The van der Waals surface area contributed by atoms with Gasteiger partial charge in [0.05, 0.1) is 0 Å². The monoisotopic (exact) mass is 280 g/mol. The molecular formula is C3H4OS7. The second kappa shape index (κ2) is 5.02. The van der Waals surface area contributed by atoms with Crippen molar-refractivity contribution in [1.82, 2.24) is 0 Å². The molecule has 1 nitrogen and oxygen atoms in total. The van der Waals surface area contributed by atoms with Crippen LogP contribution < -0.4 is 0 Å². The molecule has 0 unspecified atom stereocenters. The minimum Gasteiger partial charge on any atom is -0.450 e. The maximum Gasteiger partial charge on any atom is 0.221 e. The van der Waals surface area contributed by atoms with Crippen LogP contribution in [0.2, 0.25) is 0 Å². The number of hydrogen-bond donors (Lipinski definition) is 1. The maximum atomic E-state index is 5.35. The summed E-state index contributed by atoms with van der Waals surface area (Å²) in [4.78, 5) is 0. The number of thiol groups is 1. The van der Waals surface area contributed by atoms with Gasteiger partial charge in [-0.15, -0.1) is 0 Å². The van der Waals surface area contributed by atoms with Crippen molar-refractivity contribution in [1.29, 1.82) is 0 Å². The Morgan fingerprint density at radius 2 is 1.91 bits per heavy atom. The van der Waals surface area contributed by atoms with Gasteiger partial charge in [-0.1, -0.05) is 12.6 Å². The number of ether oxygens (including phenoxy) is 1. The highest BCUT2D eigenvalue weighted by atomic mass is 33.8. The van der Waals surface area contributed by atoms with Gasteiger partial charge in [-0.25, -0.2) is 0 Å². The van der Waals surface area contributed by atoms with E-state index in [1.807, 2.05) is 6.92 Å². The summed E-state index contributed by atoms with van der Waals surface area (Å²) in [5, 5.41) is 0. The maximum absolute atomic E-state index is 5.35. The predicted octanol–water partition coefficient (Wildman–Crippen LogP) is 4.23. The lowest BCUT2D eigenvalue weighted by molar-refractivity contribution is 0.283. The van der Waals surface area contributed by atoms with Crippen LogP contribution in [0, 0.1) is 0 Å². The zero-order valence-electron chi connectivity index (χ0n) is 5.30. The molecule has 0 aromatic heterocycles. The highest BCUT2D eigenvalue weighted by Gasteiger charge is 2.33. The lowest BCUT2D eigenvalue weighted by Crippen LogP contribution is -2.19. The molecule has 0 atom stereocenters. The van der Waals surface area contributed by atoms with Gasteiger partial charge in [0.15, 0.2) is 0 Å². The molecule has 1 saturated heterocycles. The molecule has 0 radical (unpaired) electrons. The van der Waals surface area contributed by atoms with E-state index < -0.39 is 0 Å². The Bertz CT molecular complexity index is 152. The van der Waals surface area contributed by atoms with Crippen molar-refractivity contribution in [2.24, 2.45) is 0 Å². The van der Waals surface area contributed by atoms with Crippen molar-refractivity contribution in [2.75, 3.05) is 0 Å². The summed E-state index contributed by atoms with van der Waals surface area (Å²) in [5.74, 6) is 0. The molecule has 1 heterocycles. The Balaban J connectivity index is 2.43. The van der Waals surface area contributed by atoms with Gasteiger partial charge in [-0.3, -0.25) is 0 Å². The summed E-state index contributed by atoms with van der Waals surface area (Å²) in [6, 6.07) is 0. The lowest BCUT2D eigenvalue weighted by Gasteiger charge is -2.28. The molecule has 0 amide bonds. The van der Waals surface area contributed by atoms with Crippen LogP contribution in [0.3, 0.4) is 0 Å². The van der Waals surface area contributed by atoms with Crippen molar-refractivity contribution in [3.8, 4) is 0 Å². The lowest BCUT2D eigenvalue weighted by atomic mass is 10.8. The fourth-order valence-electron chi connectivity index (χ4n) is 0.369. The Morgan fingerprint density at radius 1 is 1.36 bits per heavy atom. The average Bonchev–Trinajstić information content (AvgIpc) is 1.85. The highest BCUT2D eigenvalue weighted by molar-refractivity contribution is 9.39. The topological polar surface area (TPSA) is 9.23 Å². The van der Waals surface area contributed by atoms with Gasteiger partial charge >= 0.3 is 0 Å². The third kappa shape index (κ3) is 4.15. The summed E-state index contributed by atoms with van der Waals surface area (Å²) < 4.78 is 5.37. The Kier molecular flexibility index (Phi) is 5.05. The summed E-state index contributed by atoms with van der Waals surface area (Å²) in [6.07, 6.45) is 0. The predicted molar refractivity (Wildman–Crippen MR) is 69.0 cm³/mol. The minimum atomic E-state index is -0.278. The first-order valence-corrected chi connectivity index (χ1v) is 9.42. The molecule has 0 spiro atoms. The van der Waals surface area contributed by atoms with Crippen molar-refractivity contribution in [3.05, 3.63) is 0 Å². The van der Waals surface area contributed by atoms with Crippen LogP contribution in [0.25, 0.3) is 0 Å². The molecule has 11 heavy (non-hydrogen) atoms. The highest BCUT2D eigenvalue weighted by Crippen LogP contribution is 2.65. The second-order valence-corrected chi connectivity index (χ2v) is 11.1. The Hall–Kier alpha value is 1.99. The molecule has 1 aliphatic rings. The Labute approximate surface area is 95.3 Å². The molecule has 0 saturated carbocycles. The van der Waals surface area contributed by atoms with E-state index in [4.69, 9.17) is 17.0 Å². The number of rotatable bonds is 1. The van der Waals surface area contributed by atoms with Gasteiger partial charge in [0.1, 0.15) is 0 Å². The molecule has 0 aromatic carbocycles. The molecule has 1 aliphatic heterocycles. The summed E-state index contributed by atoms with van der Waals surface area (Å²) in [7, 11) is 8.45. The molecule has 0 aromatic rings. The van der Waals surface area contributed by atoms with Crippen LogP contribution >= 0.6 is 75.9 Å². The van der Waals surface area contributed by atoms with E-state index >= 15 is 0 Å². The van der Waals surface area contributed by atoms with Crippen LogP contribution in [0.4, 0.5) is 0 Å². The van der Waals surface area contributed by atoms with Crippen molar-refractivity contribution < 1.29 is 4.74 Å². The molecule has 1 fully saturated rings. The zero-order valence-corrected chi connectivity index (χ0v) is 11.1. The van der Waals surface area contributed by atoms with E-state index in [1.165, 1.54) is 0 Å². The normalized spacial score (nSPS) is 22.7. The van der Waals surface area contributed by atoms with Gasteiger partial charge < -0.3 is 4.74 Å². The van der Waals surface area contributed by atoms with Crippen LogP contribution in [-0.2, 0) is 4.74 Å². The number of hydrogen-bond acceptors (Lipinski definition) is 7. The minimum absolute atomic E-state index is 0.278. The summed E-state index contributed by atoms with van der Waals surface area (Å²) in [5.41, 5.74) is 0. The van der Waals surface area contributed by atoms with E-state index in [-0.39, 0.29) is 4.27 Å². The largest absolute Gasteiger partial charge is 0.450 e. The van der Waals surface area contributed by atoms with Crippen LogP contribution in [-0.4, -0.2) is 8.65 Å². The fraction of sp³-hybridized carbons (Fsp3) is 0.667. The SMILES string of the molecule is CC1(OC(=S)S)SSSSS1. The van der Waals surface area contributed by atoms with E-state index in [2.05, 4.69) is 12.6 Å². The first kappa shape index (κ1) is 11.1. The molecule has 8 heteroatoms. The standard InChI is InChI=1S/C3H4OS7/c1-3(4-2(5)6)7-9-11-10-8-3/h1H3,(H,5,6). The first-order valence-electron chi connectivity index (χ1n) is 2.41. The average molecular weight is 281 g/mol. The zero-order chi connectivity index (χ0) is 8.32. The van der Waals surface area contributed by atoms with Crippen molar-refractivity contribution >= 4 is 80.3 Å². The molecular weight excluding hydrogens is 277 g/mol. The van der Waals surface area contributed by atoms with Crippen LogP contribution in [0.15, 0.2) is 0 Å². The number of thiocarbonyl (C=S) groups is 1. The van der Waals surface area contributed by atoms with Crippen LogP contribution in [0.1, 0.15) is 6.92 Å². The van der Waals surface area contributed by atoms with E-state index in [0.29, 0.717) is 4.38 Å². The summed E-state index contributed by atoms with van der Waals surface area (Å²) >= 11 is 8.66. The Morgan fingerprint density at radius 3 is 2.36 bits per heavy atom. The fourth-order valence-corrected chi connectivity index (χ4v) is 12.2. The van der Waals surface area contributed by atoms with E-state index in [1.54, 1.807) is 51.1 Å². The van der Waals surface area contributed by atoms with Crippen molar-refractivity contribution in [2.45, 2.75) is 11.2 Å². The van der Waals surface area contributed by atoms with E-state index in [0.717, 1.165) is 0 Å². The third-order valence-corrected chi connectivity index (χ3v) is 10.9. The molecule has 64 valence electrons.